The van der Waals surface area contributed by atoms with E-state index in [-0.39, 0.29) is 0 Å². The molecule has 0 saturated carbocycles. The molecular formula is C21H35N3O4. The summed E-state index contributed by atoms with van der Waals surface area (Å²) in [5.74, 6) is 2.83. The first-order valence-corrected chi connectivity index (χ1v) is 10.3. The number of anilines is 1. The molecule has 7 nitrogen and oxygen atoms in total. The molecule has 0 aromatic heterocycles. The fraction of sp³-hybridized carbons (Fsp3) is 0.667. The molecule has 0 amide bonds. The number of methoxy groups -OCH3 is 1. The Balaban J connectivity index is 1.78. The van der Waals surface area contributed by atoms with E-state index in [4.69, 9.17) is 18.9 Å². The molecule has 1 aliphatic heterocycles. The number of aliphatic imine (C=N–C) groups is 1. The zero-order chi connectivity index (χ0) is 20.0. The Morgan fingerprint density at radius 2 is 2.04 bits per heavy atom. The molecule has 0 aliphatic carbocycles. The summed E-state index contributed by atoms with van der Waals surface area (Å²) in [7, 11) is 1.64. The van der Waals surface area contributed by atoms with E-state index in [9.17, 15) is 0 Å². The van der Waals surface area contributed by atoms with Crippen molar-refractivity contribution in [2.24, 2.45) is 10.9 Å². The van der Waals surface area contributed by atoms with Crippen LogP contribution in [0.5, 0.6) is 11.5 Å². The van der Waals surface area contributed by atoms with Gasteiger partial charge in [0.05, 0.1) is 13.7 Å². The highest BCUT2D eigenvalue weighted by molar-refractivity contribution is 5.93. The summed E-state index contributed by atoms with van der Waals surface area (Å²) >= 11 is 0. The Bertz CT molecular complexity index is 589. The van der Waals surface area contributed by atoms with E-state index in [1.165, 1.54) is 0 Å². The largest absolute Gasteiger partial charge is 0.493 e. The zero-order valence-electron chi connectivity index (χ0n) is 17.5. The Morgan fingerprint density at radius 3 is 2.75 bits per heavy atom. The third kappa shape index (κ3) is 7.94. The van der Waals surface area contributed by atoms with Gasteiger partial charge in [0.2, 0.25) is 0 Å². The monoisotopic (exact) mass is 393 g/mol. The molecule has 1 aromatic carbocycles. The van der Waals surface area contributed by atoms with E-state index >= 15 is 0 Å². The number of guanidine groups is 1. The standard InChI is InChI=1S/C21H35N3O4/c1-4-22-21(23-11-6-12-27-16-17-9-13-26-14-10-17)24-18-7-8-19(25-3)20(15-18)28-5-2/h7-8,15,17H,4-6,9-14,16H2,1-3H3,(H2,22,23,24). The zero-order valence-corrected chi connectivity index (χ0v) is 17.5. The molecule has 7 heteroatoms. The minimum Gasteiger partial charge on any atom is -0.493 e. The lowest BCUT2D eigenvalue weighted by atomic mass is 10.0. The topological polar surface area (TPSA) is 73.3 Å². The van der Waals surface area contributed by atoms with Gasteiger partial charge >= 0.3 is 0 Å². The Morgan fingerprint density at radius 1 is 1.21 bits per heavy atom. The second-order valence-electron chi connectivity index (χ2n) is 6.67. The van der Waals surface area contributed by atoms with Gasteiger partial charge < -0.3 is 29.6 Å². The van der Waals surface area contributed by atoms with Gasteiger partial charge in [-0.15, -0.1) is 0 Å². The predicted molar refractivity (Wildman–Crippen MR) is 113 cm³/mol. The molecule has 28 heavy (non-hydrogen) atoms. The van der Waals surface area contributed by atoms with Crippen molar-refractivity contribution >= 4 is 11.6 Å². The van der Waals surface area contributed by atoms with Gasteiger partial charge in [-0.2, -0.15) is 0 Å². The normalized spacial score (nSPS) is 15.3. The van der Waals surface area contributed by atoms with Gasteiger partial charge in [-0.05, 0) is 51.2 Å². The third-order valence-electron chi connectivity index (χ3n) is 4.48. The summed E-state index contributed by atoms with van der Waals surface area (Å²) in [6.45, 7) is 9.39. The van der Waals surface area contributed by atoms with Gasteiger partial charge in [0.25, 0.3) is 0 Å². The first kappa shape index (κ1) is 22.3. The van der Waals surface area contributed by atoms with Crippen molar-refractivity contribution in [2.75, 3.05) is 58.6 Å². The van der Waals surface area contributed by atoms with Gasteiger partial charge in [0.15, 0.2) is 17.5 Å². The highest BCUT2D eigenvalue weighted by atomic mass is 16.5. The van der Waals surface area contributed by atoms with E-state index in [2.05, 4.69) is 15.6 Å². The number of nitrogens with one attached hydrogen (secondary N) is 2. The predicted octanol–water partition coefficient (Wildman–Crippen LogP) is 3.30. The van der Waals surface area contributed by atoms with Crippen molar-refractivity contribution in [3.63, 3.8) is 0 Å². The fourth-order valence-electron chi connectivity index (χ4n) is 2.99. The Labute approximate surface area is 168 Å². The molecule has 158 valence electrons. The maximum atomic E-state index is 5.81. The lowest BCUT2D eigenvalue weighted by Crippen LogP contribution is -2.30. The highest BCUT2D eigenvalue weighted by Crippen LogP contribution is 2.30. The second-order valence-corrected chi connectivity index (χ2v) is 6.67. The summed E-state index contributed by atoms with van der Waals surface area (Å²) in [5, 5.41) is 6.59. The molecule has 1 fully saturated rings. The van der Waals surface area contributed by atoms with Crippen molar-refractivity contribution in [1.29, 1.82) is 0 Å². The van der Waals surface area contributed by atoms with Gasteiger partial charge in [-0.25, -0.2) is 0 Å². The van der Waals surface area contributed by atoms with Crippen LogP contribution in [0.25, 0.3) is 0 Å². The van der Waals surface area contributed by atoms with Crippen LogP contribution in [0, 0.1) is 5.92 Å². The number of rotatable bonds is 11. The van der Waals surface area contributed by atoms with Crippen molar-refractivity contribution in [2.45, 2.75) is 33.1 Å². The second kappa shape index (κ2) is 13.2. The number of hydrogen-bond donors (Lipinski definition) is 2. The van der Waals surface area contributed by atoms with Crippen LogP contribution >= 0.6 is 0 Å². The molecular weight excluding hydrogens is 358 g/mol. The average molecular weight is 394 g/mol. The lowest BCUT2D eigenvalue weighted by Gasteiger charge is -2.21. The molecule has 0 bridgehead atoms. The average Bonchev–Trinajstić information content (AvgIpc) is 2.72. The van der Waals surface area contributed by atoms with E-state index in [1.54, 1.807) is 7.11 Å². The maximum Gasteiger partial charge on any atom is 0.195 e. The van der Waals surface area contributed by atoms with Crippen LogP contribution in [0.15, 0.2) is 23.2 Å². The lowest BCUT2D eigenvalue weighted by molar-refractivity contribution is 0.0205. The fourth-order valence-corrected chi connectivity index (χ4v) is 2.99. The summed E-state index contributed by atoms with van der Waals surface area (Å²) in [6, 6.07) is 5.76. The minimum absolute atomic E-state index is 0.585. The maximum absolute atomic E-state index is 5.81. The molecule has 1 aliphatic rings. The van der Waals surface area contributed by atoms with E-state index < -0.39 is 0 Å². The molecule has 2 rings (SSSR count). The number of benzene rings is 1. The van der Waals surface area contributed by atoms with E-state index in [0.29, 0.717) is 24.8 Å². The molecule has 2 N–H and O–H groups in total. The molecule has 0 atom stereocenters. The van der Waals surface area contributed by atoms with Crippen LogP contribution in [0.4, 0.5) is 5.69 Å². The Kier molecular flexibility index (Phi) is 10.5. The first-order chi connectivity index (χ1) is 13.8. The van der Waals surface area contributed by atoms with Gasteiger partial charge in [0, 0.05) is 51.3 Å². The molecule has 1 heterocycles. The van der Waals surface area contributed by atoms with E-state index in [0.717, 1.165) is 69.6 Å². The number of nitrogens with zero attached hydrogens (tertiary/aromatic N) is 1. The Hall–Kier alpha value is -1.99. The van der Waals surface area contributed by atoms with Gasteiger partial charge in [-0.1, -0.05) is 0 Å². The smallest absolute Gasteiger partial charge is 0.195 e. The summed E-state index contributed by atoms with van der Waals surface area (Å²) in [6.07, 6.45) is 3.11. The van der Waals surface area contributed by atoms with Crippen molar-refractivity contribution < 1.29 is 18.9 Å². The van der Waals surface area contributed by atoms with Crippen LogP contribution in [0.3, 0.4) is 0 Å². The van der Waals surface area contributed by atoms with Gasteiger partial charge in [0.1, 0.15) is 0 Å². The summed E-state index contributed by atoms with van der Waals surface area (Å²) < 4.78 is 22.1. The van der Waals surface area contributed by atoms with E-state index in [1.807, 2.05) is 32.0 Å². The van der Waals surface area contributed by atoms with Gasteiger partial charge in [-0.3, -0.25) is 4.99 Å². The first-order valence-electron chi connectivity index (χ1n) is 10.3. The SMILES string of the molecule is CCNC(=NCCCOCC1CCOCC1)Nc1ccc(OC)c(OCC)c1. The van der Waals surface area contributed by atoms with Crippen LogP contribution in [-0.2, 0) is 9.47 Å². The molecule has 0 unspecified atom stereocenters. The van der Waals surface area contributed by atoms with Crippen molar-refractivity contribution in [3.8, 4) is 11.5 Å². The minimum atomic E-state index is 0.585. The highest BCUT2D eigenvalue weighted by Gasteiger charge is 2.13. The molecule has 1 aromatic rings. The molecule has 0 radical (unpaired) electrons. The van der Waals surface area contributed by atoms with Crippen LogP contribution in [-0.4, -0.2) is 59.2 Å². The van der Waals surface area contributed by atoms with Crippen molar-refractivity contribution in [3.05, 3.63) is 18.2 Å². The third-order valence-corrected chi connectivity index (χ3v) is 4.48. The number of hydrogen-bond acceptors (Lipinski definition) is 5. The summed E-state index contributed by atoms with van der Waals surface area (Å²) in [4.78, 5) is 4.63. The summed E-state index contributed by atoms with van der Waals surface area (Å²) in [5.41, 5.74) is 0.903. The van der Waals surface area contributed by atoms with Crippen LogP contribution in [0.2, 0.25) is 0 Å². The molecule has 1 saturated heterocycles. The van der Waals surface area contributed by atoms with Crippen molar-refractivity contribution in [1.82, 2.24) is 5.32 Å². The van der Waals surface area contributed by atoms with Crippen LogP contribution < -0.4 is 20.1 Å². The molecule has 0 spiro atoms. The quantitative estimate of drug-likeness (QED) is 0.341. The number of ether oxygens (including phenoxy) is 4. The van der Waals surface area contributed by atoms with Crippen LogP contribution in [0.1, 0.15) is 33.1 Å².